The molecule has 0 saturated heterocycles. The van der Waals surface area contributed by atoms with Crippen LogP contribution in [0.5, 0.6) is 11.5 Å². The Labute approximate surface area is 219 Å². The van der Waals surface area contributed by atoms with Crippen molar-refractivity contribution < 1.29 is 28.6 Å². The van der Waals surface area contributed by atoms with Gasteiger partial charge < -0.3 is 24.8 Å². The maximum absolute atomic E-state index is 13.1. The molecule has 10 nitrogen and oxygen atoms in total. The standard InChI is InChI=1S/C26H32N4O6S/c1-26(2,3)36-23(32)14-18(16-5-8-19-20(13-16)35-15-34-19)29-24(33)21-9-6-17(37-21)7-10-22(31)30-25-27-11-4-12-28-25/h5-6,8-9,13,18H,4,7,10-12,14-15H2,1-3H3,(H,29,33)(H2,27,28,30,31)/t18-/m0/s1. The van der Waals surface area contributed by atoms with Gasteiger partial charge in [0.15, 0.2) is 17.5 Å². The third-order valence-corrected chi connectivity index (χ3v) is 6.68. The van der Waals surface area contributed by atoms with Crippen LogP contribution in [0.2, 0.25) is 0 Å². The maximum Gasteiger partial charge on any atom is 0.308 e. The number of guanidine groups is 1. The van der Waals surface area contributed by atoms with Crippen molar-refractivity contribution in [3.63, 3.8) is 0 Å². The van der Waals surface area contributed by atoms with Gasteiger partial charge in [0, 0.05) is 24.4 Å². The van der Waals surface area contributed by atoms with Gasteiger partial charge in [0.05, 0.1) is 17.3 Å². The van der Waals surface area contributed by atoms with Gasteiger partial charge in [-0.1, -0.05) is 6.07 Å². The molecule has 0 fully saturated rings. The minimum absolute atomic E-state index is 0.0427. The summed E-state index contributed by atoms with van der Waals surface area (Å²) in [4.78, 5) is 43.6. The van der Waals surface area contributed by atoms with E-state index in [1.165, 1.54) is 11.3 Å². The van der Waals surface area contributed by atoms with E-state index >= 15 is 0 Å². The first-order valence-electron chi connectivity index (χ1n) is 12.3. The molecule has 0 radical (unpaired) electrons. The molecule has 4 rings (SSSR count). The van der Waals surface area contributed by atoms with Crippen molar-refractivity contribution in [2.75, 3.05) is 19.9 Å². The number of rotatable bonds is 8. The van der Waals surface area contributed by atoms with Gasteiger partial charge in [-0.3, -0.25) is 24.7 Å². The van der Waals surface area contributed by atoms with Crippen molar-refractivity contribution in [1.29, 1.82) is 0 Å². The lowest BCUT2D eigenvalue weighted by Crippen LogP contribution is -2.43. The van der Waals surface area contributed by atoms with Crippen LogP contribution in [0.1, 0.15) is 66.2 Å². The van der Waals surface area contributed by atoms with E-state index in [1.54, 1.807) is 45.0 Å². The zero-order chi connectivity index (χ0) is 26.4. The summed E-state index contributed by atoms with van der Waals surface area (Å²) in [5.41, 5.74) is 0.0610. The summed E-state index contributed by atoms with van der Waals surface area (Å²) in [6.07, 6.45) is 1.69. The molecule has 0 aliphatic carbocycles. The van der Waals surface area contributed by atoms with Crippen molar-refractivity contribution in [2.24, 2.45) is 4.99 Å². The number of hydrogen-bond acceptors (Lipinski definition) is 9. The first-order valence-corrected chi connectivity index (χ1v) is 13.1. The molecular formula is C26H32N4O6S. The highest BCUT2D eigenvalue weighted by Gasteiger charge is 2.26. The van der Waals surface area contributed by atoms with Crippen LogP contribution in [0.15, 0.2) is 35.3 Å². The molecule has 1 aromatic carbocycles. The van der Waals surface area contributed by atoms with Crippen molar-refractivity contribution in [3.05, 3.63) is 45.6 Å². The summed E-state index contributed by atoms with van der Waals surface area (Å²) in [5.74, 6) is 0.823. The molecule has 0 bridgehead atoms. The van der Waals surface area contributed by atoms with E-state index in [4.69, 9.17) is 14.2 Å². The van der Waals surface area contributed by atoms with Gasteiger partial charge in [-0.05, 0) is 63.4 Å². The molecule has 11 heteroatoms. The maximum atomic E-state index is 13.1. The Morgan fingerprint density at radius 1 is 1.16 bits per heavy atom. The number of carbonyl (C=O) groups is 3. The number of aliphatic imine (C=N–C) groups is 1. The summed E-state index contributed by atoms with van der Waals surface area (Å²) in [5, 5.41) is 8.80. The Bertz CT molecular complexity index is 1190. The van der Waals surface area contributed by atoms with Crippen LogP contribution in [0.4, 0.5) is 0 Å². The summed E-state index contributed by atoms with van der Waals surface area (Å²) in [7, 11) is 0. The highest BCUT2D eigenvalue weighted by atomic mass is 32.1. The van der Waals surface area contributed by atoms with E-state index in [0.29, 0.717) is 40.9 Å². The topological polar surface area (TPSA) is 127 Å². The molecular weight excluding hydrogens is 496 g/mol. The lowest BCUT2D eigenvalue weighted by Gasteiger charge is -2.23. The molecule has 37 heavy (non-hydrogen) atoms. The SMILES string of the molecule is CC(C)(C)OC(=O)C[C@H](NC(=O)c1ccc(CCC(=O)NC2=NCCCN2)s1)c1ccc2c(c1)OCO2. The van der Waals surface area contributed by atoms with Gasteiger partial charge in [0.2, 0.25) is 12.7 Å². The van der Waals surface area contributed by atoms with Gasteiger partial charge in [0.25, 0.3) is 5.91 Å². The van der Waals surface area contributed by atoms with E-state index in [-0.39, 0.29) is 31.4 Å². The molecule has 2 aliphatic rings. The molecule has 198 valence electrons. The van der Waals surface area contributed by atoms with Gasteiger partial charge in [-0.15, -0.1) is 11.3 Å². The van der Waals surface area contributed by atoms with Gasteiger partial charge >= 0.3 is 5.97 Å². The quantitative estimate of drug-likeness (QED) is 0.450. The number of thiophene rings is 1. The van der Waals surface area contributed by atoms with E-state index in [1.807, 2.05) is 6.07 Å². The second-order valence-electron chi connectivity index (χ2n) is 9.75. The largest absolute Gasteiger partial charge is 0.460 e. The Balaban J connectivity index is 1.39. The average Bonchev–Trinajstić information content (AvgIpc) is 3.51. The van der Waals surface area contributed by atoms with E-state index < -0.39 is 17.6 Å². The number of ether oxygens (including phenoxy) is 3. The second-order valence-corrected chi connectivity index (χ2v) is 10.9. The number of nitrogens with zero attached hydrogens (tertiary/aromatic N) is 1. The number of amides is 2. The minimum atomic E-state index is -0.644. The van der Waals surface area contributed by atoms with Gasteiger partial charge in [-0.25, -0.2) is 0 Å². The third-order valence-electron chi connectivity index (χ3n) is 5.53. The number of fused-ring (bicyclic) bond motifs is 1. The summed E-state index contributed by atoms with van der Waals surface area (Å²) in [6.45, 7) is 7.02. The summed E-state index contributed by atoms with van der Waals surface area (Å²) < 4.78 is 16.3. The monoisotopic (exact) mass is 528 g/mol. The summed E-state index contributed by atoms with van der Waals surface area (Å²) in [6, 6.07) is 8.26. The summed E-state index contributed by atoms with van der Waals surface area (Å²) >= 11 is 1.32. The number of nitrogens with one attached hydrogen (secondary N) is 3. The highest BCUT2D eigenvalue weighted by Crippen LogP contribution is 2.35. The second kappa shape index (κ2) is 11.6. The van der Waals surface area contributed by atoms with Crippen molar-refractivity contribution >= 4 is 35.1 Å². The smallest absolute Gasteiger partial charge is 0.308 e. The number of esters is 1. The molecule has 0 unspecified atom stereocenters. The third kappa shape index (κ3) is 7.69. The van der Waals surface area contributed by atoms with Gasteiger partial charge in [0.1, 0.15) is 5.60 Å². The number of hydrogen-bond donors (Lipinski definition) is 3. The Hall–Kier alpha value is -3.60. The number of benzene rings is 1. The zero-order valence-corrected chi connectivity index (χ0v) is 22.0. The molecule has 1 atom stereocenters. The molecule has 3 heterocycles. The highest BCUT2D eigenvalue weighted by molar-refractivity contribution is 7.14. The zero-order valence-electron chi connectivity index (χ0n) is 21.2. The molecule has 2 aromatic rings. The minimum Gasteiger partial charge on any atom is -0.460 e. The molecule has 0 spiro atoms. The Kier molecular flexibility index (Phi) is 8.32. The van der Waals surface area contributed by atoms with Crippen molar-refractivity contribution in [1.82, 2.24) is 16.0 Å². The molecule has 2 amide bonds. The fourth-order valence-electron chi connectivity index (χ4n) is 3.84. The van der Waals surface area contributed by atoms with Crippen LogP contribution in [0.3, 0.4) is 0 Å². The first kappa shape index (κ1) is 26.5. The van der Waals surface area contributed by atoms with E-state index in [9.17, 15) is 14.4 Å². The predicted molar refractivity (Wildman–Crippen MR) is 139 cm³/mol. The average molecular weight is 529 g/mol. The van der Waals surface area contributed by atoms with Crippen LogP contribution in [0, 0.1) is 0 Å². The molecule has 2 aliphatic heterocycles. The van der Waals surface area contributed by atoms with Crippen LogP contribution in [0.25, 0.3) is 0 Å². The van der Waals surface area contributed by atoms with Crippen LogP contribution < -0.4 is 25.4 Å². The fraction of sp³-hybridized carbons (Fsp3) is 0.462. The Morgan fingerprint density at radius 3 is 2.73 bits per heavy atom. The van der Waals surface area contributed by atoms with Crippen LogP contribution >= 0.6 is 11.3 Å². The first-order chi connectivity index (χ1) is 17.7. The van der Waals surface area contributed by atoms with Crippen LogP contribution in [-0.4, -0.2) is 49.2 Å². The lowest BCUT2D eigenvalue weighted by molar-refractivity contribution is -0.155. The lowest BCUT2D eigenvalue weighted by atomic mass is 10.0. The van der Waals surface area contributed by atoms with E-state index in [0.717, 1.165) is 17.8 Å². The van der Waals surface area contributed by atoms with E-state index in [2.05, 4.69) is 20.9 Å². The fourth-order valence-corrected chi connectivity index (χ4v) is 4.75. The predicted octanol–water partition coefficient (Wildman–Crippen LogP) is 3.08. The van der Waals surface area contributed by atoms with Gasteiger partial charge in [-0.2, -0.15) is 0 Å². The number of aryl methyl sites for hydroxylation is 1. The molecule has 0 saturated carbocycles. The number of carbonyl (C=O) groups excluding carboxylic acids is 3. The van der Waals surface area contributed by atoms with Crippen LogP contribution in [-0.2, 0) is 20.7 Å². The molecule has 3 N–H and O–H groups in total. The normalized spacial score (nSPS) is 15.3. The van der Waals surface area contributed by atoms with Crippen molar-refractivity contribution in [3.8, 4) is 11.5 Å². The molecule has 1 aromatic heterocycles. The van der Waals surface area contributed by atoms with Crippen molar-refractivity contribution in [2.45, 2.75) is 58.1 Å². The Morgan fingerprint density at radius 2 is 1.97 bits per heavy atom.